The second kappa shape index (κ2) is 9.52. The van der Waals surface area contributed by atoms with Crippen molar-refractivity contribution in [2.45, 2.75) is 46.6 Å². The van der Waals surface area contributed by atoms with Crippen LogP contribution >= 0.6 is 12.2 Å². The van der Waals surface area contributed by atoms with E-state index in [1.807, 2.05) is 12.4 Å². The molecule has 2 aromatic rings. The van der Waals surface area contributed by atoms with Crippen molar-refractivity contribution in [3.8, 4) is 0 Å². The van der Waals surface area contributed by atoms with E-state index in [9.17, 15) is 0 Å². The number of thiocarbonyl (C=S) groups is 1. The maximum atomic E-state index is 5.79. The number of hydrogen-bond acceptors (Lipinski definition) is 2. The van der Waals surface area contributed by atoms with Gasteiger partial charge in [0.05, 0.1) is 6.04 Å². The minimum atomic E-state index is 0.204. The highest BCUT2D eigenvalue weighted by Gasteiger charge is 2.19. The molecule has 0 bridgehead atoms. The van der Waals surface area contributed by atoms with E-state index >= 15 is 0 Å². The number of benzene rings is 1. The number of hydrogen-bond donors (Lipinski definition) is 1. The van der Waals surface area contributed by atoms with Gasteiger partial charge in [-0.25, -0.2) is 0 Å². The predicted octanol–water partition coefficient (Wildman–Crippen LogP) is 5.45. The van der Waals surface area contributed by atoms with Crippen LogP contribution in [0.3, 0.4) is 0 Å². The van der Waals surface area contributed by atoms with Gasteiger partial charge in [0.25, 0.3) is 0 Å². The summed E-state index contributed by atoms with van der Waals surface area (Å²) in [7, 11) is 0. The number of nitrogens with zero attached hydrogens (tertiary/aromatic N) is 2. The fraction of sp³-hybridized carbons (Fsp3) is 0.429. The van der Waals surface area contributed by atoms with E-state index in [4.69, 9.17) is 12.2 Å². The highest BCUT2D eigenvalue weighted by molar-refractivity contribution is 7.80. The van der Waals surface area contributed by atoms with E-state index in [2.05, 4.69) is 79.3 Å². The number of aryl methyl sites for hydroxylation is 1. The number of nitrogens with one attached hydrogen (secondary N) is 1. The molecule has 1 atom stereocenters. The number of para-hydroxylation sites is 1. The number of aromatic nitrogens is 1. The van der Waals surface area contributed by atoms with Crippen molar-refractivity contribution in [3.05, 3.63) is 59.9 Å². The SMILES string of the molecule is CCc1ccccc1NC(=S)N(CCC(C)C)[C@H](C)c1ccncc1. The lowest BCUT2D eigenvalue weighted by molar-refractivity contribution is 0.318. The van der Waals surface area contributed by atoms with E-state index in [-0.39, 0.29) is 6.04 Å². The molecule has 0 aliphatic rings. The van der Waals surface area contributed by atoms with Crippen molar-refractivity contribution in [1.82, 2.24) is 9.88 Å². The zero-order valence-corrected chi connectivity index (χ0v) is 16.5. The van der Waals surface area contributed by atoms with Gasteiger partial charge in [-0.15, -0.1) is 0 Å². The summed E-state index contributed by atoms with van der Waals surface area (Å²) in [5, 5.41) is 4.26. The Morgan fingerprint density at radius 1 is 1.12 bits per heavy atom. The van der Waals surface area contributed by atoms with Gasteiger partial charge in [-0.1, -0.05) is 39.0 Å². The molecule has 2 rings (SSSR count). The molecule has 134 valence electrons. The number of anilines is 1. The summed E-state index contributed by atoms with van der Waals surface area (Å²) in [6, 6.07) is 12.7. The second-order valence-corrected chi connectivity index (χ2v) is 7.16. The molecule has 0 saturated heterocycles. The highest BCUT2D eigenvalue weighted by atomic mass is 32.1. The standard InChI is InChI=1S/C21H29N3S/c1-5-18-8-6-7-9-20(18)23-21(25)24(15-12-16(2)3)17(4)19-10-13-22-14-11-19/h6-11,13-14,16-17H,5,12,15H2,1-4H3,(H,23,25)/t17-/m1/s1. The summed E-state index contributed by atoms with van der Waals surface area (Å²) in [6.07, 6.45) is 5.77. The topological polar surface area (TPSA) is 28.2 Å². The van der Waals surface area contributed by atoms with Gasteiger partial charge < -0.3 is 10.2 Å². The van der Waals surface area contributed by atoms with Gasteiger partial charge in [-0.3, -0.25) is 4.98 Å². The quantitative estimate of drug-likeness (QED) is 0.669. The summed E-state index contributed by atoms with van der Waals surface area (Å²) < 4.78 is 0. The summed E-state index contributed by atoms with van der Waals surface area (Å²) in [4.78, 5) is 6.42. The first-order valence-corrected chi connectivity index (χ1v) is 9.49. The van der Waals surface area contributed by atoms with Gasteiger partial charge in [-0.2, -0.15) is 0 Å². The molecular weight excluding hydrogens is 326 g/mol. The maximum absolute atomic E-state index is 5.79. The Labute approximate surface area is 157 Å². The molecule has 0 radical (unpaired) electrons. The fourth-order valence-corrected chi connectivity index (χ4v) is 3.19. The monoisotopic (exact) mass is 355 g/mol. The Hall–Kier alpha value is -1.94. The van der Waals surface area contributed by atoms with E-state index < -0.39 is 0 Å². The van der Waals surface area contributed by atoms with Crippen molar-refractivity contribution in [2.75, 3.05) is 11.9 Å². The average molecular weight is 356 g/mol. The molecule has 0 aliphatic heterocycles. The first-order valence-electron chi connectivity index (χ1n) is 9.08. The number of rotatable bonds is 7. The molecule has 3 nitrogen and oxygen atoms in total. The molecule has 4 heteroatoms. The summed E-state index contributed by atoms with van der Waals surface area (Å²) >= 11 is 5.79. The molecule has 1 aromatic carbocycles. The van der Waals surface area contributed by atoms with Crippen LogP contribution in [0, 0.1) is 5.92 Å². The number of pyridine rings is 1. The van der Waals surface area contributed by atoms with E-state index in [1.165, 1.54) is 11.1 Å². The molecule has 0 fully saturated rings. The fourth-order valence-electron chi connectivity index (χ4n) is 2.83. The first kappa shape index (κ1) is 19.4. The Balaban J connectivity index is 2.20. The average Bonchev–Trinajstić information content (AvgIpc) is 2.62. The van der Waals surface area contributed by atoms with Crippen LogP contribution in [-0.4, -0.2) is 21.5 Å². The van der Waals surface area contributed by atoms with Crippen molar-refractivity contribution in [1.29, 1.82) is 0 Å². The van der Waals surface area contributed by atoms with Crippen LogP contribution in [0.5, 0.6) is 0 Å². The molecule has 0 aliphatic carbocycles. The molecule has 1 aromatic heterocycles. The molecule has 0 unspecified atom stereocenters. The van der Waals surface area contributed by atoms with Crippen LogP contribution in [0.2, 0.25) is 0 Å². The van der Waals surface area contributed by atoms with Crippen LogP contribution in [0.1, 0.15) is 51.3 Å². The lowest BCUT2D eigenvalue weighted by Gasteiger charge is -2.33. The van der Waals surface area contributed by atoms with Crippen LogP contribution in [0.25, 0.3) is 0 Å². The first-order chi connectivity index (χ1) is 12.0. The van der Waals surface area contributed by atoms with Crippen LogP contribution in [0.15, 0.2) is 48.8 Å². The third kappa shape index (κ3) is 5.53. The second-order valence-electron chi connectivity index (χ2n) is 6.77. The van der Waals surface area contributed by atoms with E-state index in [0.717, 1.165) is 30.2 Å². The summed E-state index contributed by atoms with van der Waals surface area (Å²) in [5.41, 5.74) is 3.61. The smallest absolute Gasteiger partial charge is 0.173 e. The Kier molecular flexibility index (Phi) is 7.38. The van der Waals surface area contributed by atoms with Gasteiger partial charge in [0.15, 0.2) is 5.11 Å². The molecular formula is C21H29N3S. The highest BCUT2D eigenvalue weighted by Crippen LogP contribution is 2.23. The van der Waals surface area contributed by atoms with Gasteiger partial charge in [0.2, 0.25) is 0 Å². The summed E-state index contributed by atoms with van der Waals surface area (Å²) in [5.74, 6) is 0.637. The molecule has 0 amide bonds. The van der Waals surface area contributed by atoms with Crippen molar-refractivity contribution < 1.29 is 0 Å². The normalized spacial score (nSPS) is 12.0. The summed E-state index contributed by atoms with van der Waals surface area (Å²) in [6.45, 7) is 9.80. The van der Waals surface area contributed by atoms with Crippen molar-refractivity contribution in [2.24, 2.45) is 5.92 Å². The lowest BCUT2D eigenvalue weighted by Crippen LogP contribution is -2.38. The van der Waals surface area contributed by atoms with Gasteiger partial charge in [0, 0.05) is 24.6 Å². The molecule has 1 heterocycles. The van der Waals surface area contributed by atoms with Crippen LogP contribution < -0.4 is 5.32 Å². The predicted molar refractivity (Wildman–Crippen MR) is 111 cm³/mol. The van der Waals surface area contributed by atoms with Crippen molar-refractivity contribution >= 4 is 23.0 Å². The molecule has 0 saturated carbocycles. The maximum Gasteiger partial charge on any atom is 0.173 e. The van der Waals surface area contributed by atoms with Crippen LogP contribution in [0.4, 0.5) is 5.69 Å². The van der Waals surface area contributed by atoms with Crippen molar-refractivity contribution in [3.63, 3.8) is 0 Å². The van der Waals surface area contributed by atoms with Gasteiger partial charge >= 0.3 is 0 Å². The Bertz CT molecular complexity index is 670. The molecule has 1 N–H and O–H groups in total. The zero-order chi connectivity index (χ0) is 18.2. The molecule has 0 spiro atoms. The van der Waals surface area contributed by atoms with Gasteiger partial charge in [-0.05, 0) is 67.2 Å². The minimum absolute atomic E-state index is 0.204. The largest absolute Gasteiger partial charge is 0.342 e. The molecule has 25 heavy (non-hydrogen) atoms. The lowest BCUT2D eigenvalue weighted by atomic mass is 10.1. The minimum Gasteiger partial charge on any atom is -0.342 e. The Morgan fingerprint density at radius 2 is 1.80 bits per heavy atom. The van der Waals surface area contributed by atoms with E-state index in [1.54, 1.807) is 0 Å². The third-order valence-corrected chi connectivity index (χ3v) is 4.84. The Morgan fingerprint density at radius 3 is 2.44 bits per heavy atom. The van der Waals surface area contributed by atoms with Gasteiger partial charge in [0.1, 0.15) is 0 Å². The van der Waals surface area contributed by atoms with Crippen LogP contribution in [-0.2, 0) is 6.42 Å². The van der Waals surface area contributed by atoms with E-state index in [0.29, 0.717) is 5.92 Å². The zero-order valence-electron chi connectivity index (χ0n) is 15.7. The third-order valence-electron chi connectivity index (χ3n) is 4.50.